The highest BCUT2D eigenvalue weighted by atomic mass is 32.1. The lowest BCUT2D eigenvalue weighted by Gasteiger charge is -1.99. The Bertz CT molecular complexity index is 798. The van der Waals surface area contributed by atoms with Crippen molar-refractivity contribution in [3.63, 3.8) is 0 Å². The quantitative estimate of drug-likeness (QED) is 0.719. The molecule has 0 fully saturated rings. The third kappa shape index (κ3) is 2.77. The van der Waals surface area contributed by atoms with E-state index < -0.39 is 5.97 Å². The number of aromatic nitrogens is 3. The van der Waals surface area contributed by atoms with Crippen molar-refractivity contribution in [2.45, 2.75) is 0 Å². The van der Waals surface area contributed by atoms with Gasteiger partial charge in [0.2, 0.25) is 5.95 Å². The third-order valence-electron chi connectivity index (χ3n) is 2.82. The molecule has 0 aliphatic carbocycles. The van der Waals surface area contributed by atoms with Crippen LogP contribution in [0.3, 0.4) is 0 Å². The van der Waals surface area contributed by atoms with E-state index in [-0.39, 0.29) is 10.6 Å². The molecule has 3 rings (SSSR count). The Hall–Kier alpha value is -2.87. The molecule has 8 heteroatoms. The monoisotopic (exact) mass is 316 g/mol. The average molecular weight is 316 g/mol. The lowest BCUT2D eigenvalue weighted by Crippen LogP contribution is -1.97. The molecule has 22 heavy (non-hydrogen) atoms. The van der Waals surface area contributed by atoms with Crippen molar-refractivity contribution in [1.82, 2.24) is 14.8 Å². The van der Waals surface area contributed by atoms with E-state index in [2.05, 4.69) is 20.1 Å². The van der Waals surface area contributed by atoms with Crippen molar-refractivity contribution in [1.29, 1.82) is 0 Å². The number of benzene rings is 1. The van der Waals surface area contributed by atoms with E-state index in [0.29, 0.717) is 10.9 Å². The molecule has 0 spiro atoms. The summed E-state index contributed by atoms with van der Waals surface area (Å²) in [6, 6.07) is 11.0. The van der Waals surface area contributed by atoms with Crippen LogP contribution in [0.4, 0.5) is 11.6 Å². The summed E-state index contributed by atoms with van der Waals surface area (Å²) in [4.78, 5) is 15.8. The minimum atomic E-state index is -0.587. The number of methoxy groups -OCH3 is 1. The zero-order valence-corrected chi connectivity index (χ0v) is 12.4. The molecular formula is C14H12N4O3S. The molecule has 0 unspecified atom stereocenters. The van der Waals surface area contributed by atoms with Crippen LogP contribution in [-0.4, -0.2) is 33.0 Å². The topological polar surface area (TPSA) is 89.3 Å². The van der Waals surface area contributed by atoms with Gasteiger partial charge in [0.05, 0.1) is 7.11 Å². The van der Waals surface area contributed by atoms with Crippen LogP contribution in [0, 0.1) is 0 Å². The molecule has 0 radical (unpaired) electrons. The number of anilines is 2. The number of ether oxygens (including phenoxy) is 1. The lowest BCUT2D eigenvalue weighted by molar-refractivity contribution is 0.0603. The van der Waals surface area contributed by atoms with Crippen LogP contribution in [0.15, 0.2) is 42.7 Å². The molecule has 1 aromatic carbocycles. The van der Waals surface area contributed by atoms with E-state index in [1.165, 1.54) is 24.2 Å². The Kier molecular flexibility index (Phi) is 3.75. The van der Waals surface area contributed by atoms with Gasteiger partial charge in [-0.1, -0.05) is 18.2 Å². The van der Waals surface area contributed by atoms with E-state index in [0.717, 1.165) is 17.0 Å². The van der Waals surface area contributed by atoms with E-state index in [1.807, 2.05) is 30.3 Å². The molecule has 3 aromatic rings. The van der Waals surface area contributed by atoms with Crippen molar-refractivity contribution in [2.75, 3.05) is 12.4 Å². The summed E-state index contributed by atoms with van der Waals surface area (Å²) < 4.78 is 6.08. The van der Waals surface area contributed by atoms with Gasteiger partial charge in [-0.15, -0.1) is 16.4 Å². The second-order valence-corrected chi connectivity index (χ2v) is 5.33. The molecule has 0 atom stereocenters. The number of thiophene rings is 1. The zero-order chi connectivity index (χ0) is 15.5. The van der Waals surface area contributed by atoms with Crippen LogP contribution in [0.5, 0.6) is 5.75 Å². The predicted octanol–water partition coefficient (Wildman–Crippen LogP) is 2.56. The fraction of sp³-hybridized carbons (Fsp3) is 0.0714. The first-order valence-corrected chi connectivity index (χ1v) is 7.14. The molecule has 0 aliphatic heterocycles. The number of para-hydroxylation sites is 1. The maximum absolute atomic E-state index is 11.5. The van der Waals surface area contributed by atoms with Gasteiger partial charge < -0.3 is 15.2 Å². The highest BCUT2D eigenvalue weighted by Crippen LogP contribution is 2.31. The van der Waals surface area contributed by atoms with Crippen molar-refractivity contribution in [3.8, 4) is 10.8 Å². The number of carbonyl (C=O) groups is 1. The largest absolute Gasteiger partial charge is 0.506 e. The van der Waals surface area contributed by atoms with Gasteiger partial charge in [-0.2, -0.15) is 4.98 Å². The van der Waals surface area contributed by atoms with Crippen LogP contribution < -0.4 is 5.32 Å². The first-order valence-electron chi connectivity index (χ1n) is 6.32. The lowest BCUT2D eigenvalue weighted by atomic mass is 10.3. The molecular weight excluding hydrogens is 304 g/mol. The molecule has 0 aliphatic rings. The Morgan fingerprint density at radius 1 is 1.36 bits per heavy atom. The number of esters is 1. The second-order valence-electron chi connectivity index (χ2n) is 4.29. The first kappa shape index (κ1) is 14.1. The summed E-state index contributed by atoms with van der Waals surface area (Å²) in [7, 11) is 1.26. The molecule has 0 saturated heterocycles. The number of carbonyl (C=O) groups excluding carboxylic acids is 1. The number of aromatic hydroxyl groups is 1. The molecule has 2 heterocycles. The van der Waals surface area contributed by atoms with E-state index in [1.54, 1.807) is 0 Å². The SMILES string of the molecule is COC(=O)c1sc(-n2cnc(Nc3ccccc3)n2)cc1O. The summed E-state index contributed by atoms with van der Waals surface area (Å²) in [5.74, 6) is -0.310. The fourth-order valence-electron chi connectivity index (χ4n) is 1.80. The third-order valence-corrected chi connectivity index (χ3v) is 3.91. The van der Waals surface area contributed by atoms with Gasteiger partial charge in [-0.25, -0.2) is 9.48 Å². The van der Waals surface area contributed by atoms with Crippen LogP contribution in [0.1, 0.15) is 9.67 Å². The van der Waals surface area contributed by atoms with Crippen LogP contribution >= 0.6 is 11.3 Å². The van der Waals surface area contributed by atoms with Gasteiger partial charge >= 0.3 is 5.97 Å². The van der Waals surface area contributed by atoms with Crippen molar-refractivity contribution >= 4 is 28.9 Å². The smallest absolute Gasteiger partial charge is 0.351 e. The van der Waals surface area contributed by atoms with Gasteiger partial charge in [0.15, 0.2) is 4.88 Å². The Morgan fingerprint density at radius 3 is 2.86 bits per heavy atom. The average Bonchev–Trinajstić information content (AvgIpc) is 3.14. The molecule has 112 valence electrons. The summed E-state index contributed by atoms with van der Waals surface area (Å²) in [5, 5.41) is 17.6. The summed E-state index contributed by atoms with van der Waals surface area (Å²) in [6.07, 6.45) is 1.50. The van der Waals surface area contributed by atoms with E-state index in [9.17, 15) is 9.90 Å². The number of hydrogen-bond acceptors (Lipinski definition) is 7. The van der Waals surface area contributed by atoms with Gasteiger partial charge in [0, 0.05) is 11.8 Å². The van der Waals surface area contributed by atoms with Gasteiger partial charge in [-0.05, 0) is 12.1 Å². The van der Waals surface area contributed by atoms with E-state index in [4.69, 9.17) is 0 Å². The number of nitrogens with zero attached hydrogens (tertiary/aromatic N) is 3. The number of hydrogen-bond donors (Lipinski definition) is 2. The van der Waals surface area contributed by atoms with Crippen LogP contribution in [0.25, 0.3) is 5.00 Å². The maximum atomic E-state index is 11.5. The van der Waals surface area contributed by atoms with Crippen molar-refractivity contribution in [2.24, 2.45) is 0 Å². The van der Waals surface area contributed by atoms with Gasteiger partial charge in [0.25, 0.3) is 0 Å². The fourth-order valence-corrected chi connectivity index (χ4v) is 2.69. The standard InChI is InChI=1S/C14H12N4O3S/c1-21-13(20)12-10(19)7-11(22-12)18-8-15-14(17-18)16-9-5-3-2-4-6-9/h2-8,19H,1H3,(H,16,17). The molecule has 0 amide bonds. The molecule has 7 nitrogen and oxygen atoms in total. The Morgan fingerprint density at radius 2 is 2.14 bits per heavy atom. The maximum Gasteiger partial charge on any atom is 0.351 e. The first-order chi connectivity index (χ1) is 10.7. The summed E-state index contributed by atoms with van der Waals surface area (Å²) >= 11 is 1.07. The minimum absolute atomic E-state index is 0.130. The molecule has 2 N–H and O–H groups in total. The van der Waals surface area contributed by atoms with Gasteiger partial charge in [-0.3, -0.25) is 0 Å². The molecule has 0 bridgehead atoms. The van der Waals surface area contributed by atoms with Gasteiger partial charge in [0.1, 0.15) is 17.1 Å². The summed E-state index contributed by atoms with van der Waals surface area (Å²) in [6.45, 7) is 0. The predicted molar refractivity (Wildman–Crippen MR) is 82.0 cm³/mol. The second kappa shape index (κ2) is 5.86. The zero-order valence-electron chi connectivity index (χ0n) is 11.6. The van der Waals surface area contributed by atoms with Crippen LogP contribution in [-0.2, 0) is 4.74 Å². The highest BCUT2D eigenvalue weighted by Gasteiger charge is 2.18. The Labute approximate surface area is 129 Å². The highest BCUT2D eigenvalue weighted by molar-refractivity contribution is 7.16. The van der Waals surface area contributed by atoms with Crippen molar-refractivity contribution in [3.05, 3.63) is 47.6 Å². The molecule has 2 aromatic heterocycles. The number of nitrogens with one attached hydrogen (secondary N) is 1. The minimum Gasteiger partial charge on any atom is -0.506 e. The normalized spacial score (nSPS) is 10.4. The van der Waals surface area contributed by atoms with E-state index >= 15 is 0 Å². The summed E-state index contributed by atoms with van der Waals surface area (Å²) in [5.41, 5.74) is 0.865. The van der Waals surface area contributed by atoms with Crippen molar-refractivity contribution < 1.29 is 14.6 Å². The molecule has 0 saturated carbocycles. The Balaban J connectivity index is 1.83. The number of rotatable bonds is 4. The van der Waals surface area contributed by atoms with Crippen LogP contribution in [0.2, 0.25) is 0 Å².